The average molecular weight is 362 g/mol. The van der Waals surface area contributed by atoms with Gasteiger partial charge in [-0.1, -0.05) is 12.1 Å². The summed E-state index contributed by atoms with van der Waals surface area (Å²) in [6.45, 7) is 1.89. The lowest BCUT2D eigenvalue weighted by molar-refractivity contribution is -0.153. The number of carboxylic acid groups (broad SMARTS) is 1. The second-order valence-electron chi connectivity index (χ2n) is 5.81. The van der Waals surface area contributed by atoms with Crippen LogP contribution < -0.4 is 10.1 Å². The highest BCUT2D eigenvalue weighted by atomic mass is 19.4. The molecule has 0 radical (unpaired) electrons. The number of halogens is 3. The molecule has 0 heterocycles. The fourth-order valence-corrected chi connectivity index (χ4v) is 2.36. The van der Waals surface area contributed by atoms with Crippen LogP contribution in [0.2, 0.25) is 0 Å². The van der Waals surface area contributed by atoms with E-state index in [0.717, 1.165) is 5.56 Å². The van der Waals surface area contributed by atoms with E-state index in [1.54, 1.807) is 37.9 Å². The van der Waals surface area contributed by atoms with E-state index in [0.29, 0.717) is 17.7 Å². The molecule has 0 aliphatic heterocycles. The molecule has 0 unspecified atom stereocenters. The van der Waals surface area contributed by atoms with E-state index < -0.39 is 31.2 Å². The van der Waals surface area contributed by atoms with Crippen molar-refractivity contribution in [2.75, 3.05) is 26.7 Å². The molecule has 0 aliphatic carbocycles. The summed E-state index contributed by atoms with van der Waals surface area (Å²) in [6, 6.07) is 3.40. The van der Waals surface area contributed by atoms with Crippen molar-refractivity contribution < 1.29 is 32.6 Å². The van der Waals surface area contributed by atoms with Crippen LogP contribution in [0.5, 0.6) is 5.75 Å². The Labute approximate surface area is 143 Å². The van der Waals surface area contributed by atoms with Gasteiger partial charge in [-0.05, 0) is 37.6 Å². The zero-order valence-corrected chi connectivity index (χ0v) is 14.2. The third-order valence-electron chi connectivity index (χ3n) is 3.20. The van der Waals surface area contributed by atoms with Crippen LogP contribution in [0.25, 0.3) is 0 Å². The van der Waals surface area contributed by atoms with E-state index in [-0.39, 0.29) is 12.3 Å². The Balaban J connectivity index is 2.67. The summed E-state index contributed by atoms with van der Waals surface area (Å²) in [7, 11) is 1.68. The highest BCUT2D eigenvalue weighted by Gasteiger charge is 2.29. The summed E-state index contributed by atoms with van der Waals surface area (Å²) in [5.74, 6) is -1.36. The van der Waals surface area contributed by atoms with Gasteiger partial charge >= 0.3 is 12.1 Å². The van der Waals surface area contributed by atoms with Crippen molar-refractivity contribution in [1.82, 2.24) is 10.2 Å². The van der Waals surface area contributed by atoms with Crippen LogP contribution in [-0.2, 0) is 16.1 Å². The summed E-state index contributed by atoms with van der Waals surface area (Å²) in [5.41, 5.74) is 1.95. The molecule has 1 aromatic rings. The van der Waals surface area contributed by atoms with Crippen molar-refractivity contribution in [3.8, 4) is 5.75 Å². The first kappa shape index (κ1) is 20.8. The number of likely N-dealkylation sites (N-methyl/N-ethyl adjacent to an activating group) is 1. The van der Waals surface area contributed by atoms with Crippen LogP contribution in [0.1, 0.15) is 16.7 Å². The quantitative estimate of drug-likeness (QED) is 0.738. The number of ether oxygens (including phenoxy) is 1. The second kappa shape index (κ2) is 8.70. The molecule has 0 bridgehead atoms. The summed E-state index contributed by atoms with van der Waals surface area (Å²) in [4.78, 5) is 23.6. The maximum atomic E-state index is 12.3. The normalized spacial score (nSPS) is 11.5. The van der Waals surface area contributed by atoms with Crippen molar-refractivity contribution in [3.05, 3.63) is 28.8 Å². The molecule has 1 rings (SSSR count). The lowest BCUT2D eigenvalue weighted by Crippen LogP contribution is -2.37. The summed E-state index contributed by atoms with van der Waals surface area (Å²) in [5, 5.41) is 10.8. The number of hydrogen-bond acceptors (Lipinski definition) is 4. The molecule has 0 fully saturated rings. The van der Waals surface area contributed by atoms with Crippen molar-refractivity contribution >= 4 is 11.9 Å². The predicted molar refractivity (Wildman–Crippen MR) is 84.4 cm³/mol. The fraction of sp³-hybridized carbons (Fsp3) is 0.500. The predicted octanol–water partition coefficient (Wildman–Crippen LogP) is 1.88. The molecule has 2 N–H and O–H groups in total. The summed E-state index contributed by atoms with van der Waals surface area (Å²) >= 11 is 0. The van der Waals surface area contributed by atoms with Gasteiger partial charge in [0, 0.05) is 6.54 Å². The molecule has 1 aromatic carbocycles. The minimum atomic E-state index is -4.40. The van der Waals surface area contributed by atoms with E-state index >= 15 is 0 Å². The number of aliphatic carboxylic acids is 1. The number of aryl methyl sites for hydroxylation is 2. The topological polar surface area (TPSA) is 78.9 Å². The van der Waals surface area contributed by atoms with Crippen LogP contribution in [0, 0.1) is 13.8 Å². The van der Waals surface area contributed by atoms with E-state index in [1.165, 1.54) is 0 Å². The lowest BCUT2D eigenvalue weighted by Gasteiger charge is -2.19. The molecule has 0 aromatic heterocycles. The zero-order chi connectivity index (χ0) is 19.2. The Hall–Kier alpha value is -2.29. The maximum absolute atomic E-state index is 12.3. The highest BCUT2D eigenvalue weighted by Crippen LogP contribution is 2.27. The molecule has 25 heavy (non-hydrogen) atoms. The molecule has 0 spiro atoms. The number of rotatable bonds is 8. The summed E-state index contributed by atoms with van der Waals surface area (Å²) in [6.07, 6.45) is -4.40. The minimum Gasteiger partial charge on any atom is -0.484 e. The molecule has 0 atom stereocenters. The van der Waals surface area contributed by atoms with Gasteiger partial charge in [0.05, 0.1) is 6.54 Å². The number of carbonyl (C=O) groups is 2. The SMILES string of the molecule is Cc1cc(CN(C)CC(=O)NCC(=O)O)cc(C)c1OCC(F)(F)F. The van der Waals surface area contributed by atoms with E-state index in [2.05, 4.69) is 5.32 Å². The van der Waals surface area contributed by atoms with Crippen LogP contribution in [-0.4, -0.2) is 54.8 Å². The number of alkyl halides is 3. The fourth-order valence-electron chi connectivity index (χ4n) is 2.36. The molecular formula is C16H21F3N2O4. The van der Waals surface area contributed by atoms with Gasteiger partial charge in [-0.25, -0.2) is 0 Å². The van der Waals surface area contributed by atoms with E-state index in [4.69, 9.17) is 9.84 Å². The smallest absolute Gasteiger partial charge is 0.422 e. The number of benzene rings is 1. The van der Waals surface area contributed by atoms with Gasteiger partial charge in [0.2, 0.25) is 5.91 Å². The Morgan fingerprint density at radius 1 is 1.24 bits per heavy atom. The van der Waals surface area contributed by atoms with Gasteiger partial charge in [-0.3, -0.25) is 14.5 Å². The Morgan fingerprint density at radius 3 is 2.28 bits per heavy atom. The highest BCUT2D eigenvalue weighted by molar-refractivity contribution is 5.82. The number of hydrogen-bond donors (Lipinski definition) is 2. The van der Waals surface area contributed by atoms with Crippen LogP contribution in [0.3, 0.4) is 0 Å². The van der Waals surface area contributed by atoms with Crippen molar-refractivity contribution in [1.29, 1.82) is 0 Å². The number of carboxylic acids is 1. The molecular weight excluding hydrogens is 341 g/mol. The molecule has 0 saturated carbocycles. The number of amides is 1. The van der Waals surface area contributed by atoms with E-state index in [1.807, 2.05) is 0 Å². The molecule has 6 nitrogen and oxygen atoms in total. The van der Waals surface area contributed by atoms with Gasteiger partial charge < -0.3 is 15.2 Å². The Morgan fingerprint density at radius 2 is 1.80 bits per heavy atom. The monoisotopic (exact) mass is 362 g/mol. The van der Waals surface area contributed by atoms with Gasteiger partial charge in [-0.15, -0.1) is 0 Å². The van der Waals surface area contributed by atoms with Gasteiger partial charge in [-0.2, -0.15) is 13.2 Å². The number of nitrogens with one attached hydrogen (secondary N) is 1. The largest absolute Gasteiger partial charge is 0.484 e. The van der Waals surface area contributed by atoms with Crippen LogP contribution in [0.15, 0.2) is 12.1 Å². The third kappa shape index (κ3) is 7.88. The Bertz CT molecular complexity index is 609. The first-order valence-corrected chi connectivity index (χ1v) is 7.44. The Kier molecular flexibility index (Phi) is 7.22. The number of carbonyl (C=O) groups excluding carboxylic acids is 1. The van der Waals surface area contributed by atoms with Gasteiger partial charge in [0.25, 0.3) is 0 Å². The van der Waals surface area contributed by atoms with Crippen LogP contribution in [0.4, 0.5) is 13.2 Å². The summed E-state index contributed by atoms with van der Waals surface area (Å²) < 4.78 is 41.7. The molecule has 140 valence electrons. The molecule has 9 heteroatoms. The van der Waals surface area contributed by atoms with Crippen LogP contribution >= 0.6 is 0 Å². The van der Waals surface area contributed by atoms with Gasteiger partial charge in [0.1, 0.15) is 12.3 Å². The maximum Gasteiger partial charge on any atom is 0.422 e. The zero-order valence-electron chi connectivity index (χ0n) is 14.2. The first-order valence-electron chi connectivity index (χ1n) is 7.44. The third-order valence-corrected chi connectivity index (χ3v) is 3.20. The van der Waals surface area contributed by atoms with Crippen molar-refractivity contribution in [2.45, 2.75) is 26.6 Å². The molecule has 0 saturated heterocycles. The van der Waals surface area contributed by atoms with Crippen molar-refractivity contribution in [2.24, 2.45) is 0 Å². The average Bonchev–Trinajstić information content (AvgIpc) is 2.42. The lowest BCUT2D eigenvalue weighted by atomic mass is 10.1. The number of nitrogens with zero attached hydrogens (tertiary/aromatic N) is 1. The minimum absolute atomic E-state index is 0.00228. The second-order valence-corrected chi connectivity index (χ2v) is 5.81. The standard InChI is InChI=1S/C16H21F3N2O4/c1-10-4-12(5-11(2)15(10)25-9-16(17,18)19)7-21(3)8-13(22)20-6-14(23)24/h4-5H,6-9H2,1-3H3,(H,20,22)(H,23,24). The van der Waals surface area contributed by atoms with E-state index in [9.17, 15) is 22.8 Å². The van der Waals surface area contributed by atoms with Gasteiger partial charge in [0.15, 0.2) is 6.61 Å². The first-order chi connectivity index (χ1) is 11.5. The molecule has 1 amide bonds. The van der Waals surface area contributed by atoms with Crippen molar-refractivity contribution in [3.63, 3.8) is 0 Å². The molecule has 0 aliphatic rings.